The lowest BCUT2D eigenvalue weighted by atomic mass is 10.2. The summed E-state index contributed by atoms with van der Waals surface area (Å²) in [5, 5.41) is 2.59. The summed E-state index contributed by atoms with van der Waals surface area (Å²) in [5.41, 5.74) is 5.78. The van der Waals surface area contributed by atoms with E-state index >= 15 is 0 Å². The van der Waals surface area contributed by atoms with Gasteiger partial charge < -0.3 is 15.5 Å². The number of hydrogen-bond acceptors (Lipinski definition) is 3. The van der Waals surface area contributed by atoms with Gasteiger partial charge in [0.1, 0.15) is 11.6 Å². The van der Waals surface area contributed by atoms with Crippen molar-refractivity contribution >= 4 is 21.8 Å². The number of rotatable bonds is 4. The van der Waals surface area contributed by atoms with E-state index in [0.29, 0.717) is 11.3 Å². The molecule has 0 radical (unpaired) electrons. The van der Waals surface area contributed by atoms with Crippen molar-refractivity contribution in [2.75, 3.05) is 0 Å². The SMILES string of the molecule is NCc1ccc(C(=O)NCc2cc(Br)ccc2F)o1. The van der Waals surface area contributed by atoms with Gasteiger partial charge in [0, 0.05) is 16.6 Å². The van der Waals surface area contributed by atoms with Crippen LogP contribution in [-0.2, 0) is 13.1 Å². The monoisotopic (exact) mass is 326 g/mol. The quantitative estimate of drug-likeness (QED) is 0.907. The standard InChI is InChI=1S/C13H12BrFN2O2/c14-9-1-3-11(15)8(5-9)7-17-13(18)12-4-2-10(6-16)19-12/h1-5H,6-7,16H2,(H,17,18). The van der Waals surface area contributed by atoms with Gasteiger partial charge in [-0.05, 0) is 30.3 Å². The van der Waals surface area contributed by atoms with Crippen LogP contribution in [0.1, 0.15) is 21.9 Å². The molecule has 0 spiro atoms. The maximum Gasteiger partial charge on any atom is 0.287 e. The van der Waals surface area contributed by atoms with E-state index in [9.17, 15) is 9.18 Å². The zero-order chi connectivity index (χ0) is 13.8. The molecule has 3 N–H and O–H groups in total. The van der Waals surface area contributed by atoms with Gasteiger partial charge in [0.25, 0.3) is 5.91 Å². The Bertz CT molecular complexity index is 598. The van der Waals surface area contributed by atoms with Crippen LogP contribution in [0.3, 0.4) is 0 Å². The maximum atomic E-state index is 13.5. The van der Waals surface area contributed by atoms with Crippen molar-refractivity contribution in [2.24, 2.45) is 5.73 Å². The van der Waals surface area contributed by atoms with E-state index in [-0.39, 0.29) is 24.7 Å². The van der Waals surface area contributed by atoms with Crippen LogP contribution < -0.4 is 11.1 Å². The molecule has 0 fully saturated rings. The summed E-state index contributed by atoms with van der Waals surface area (Å²) in [7, 11) is 0. The summed E-state index contributed by atoms with van der Waals surface area (Å²) >= 11 is 3.25. The van der Waals surface area contributed by atoms with Crippen LogP contribution in [0.25, 0.3) is 0 Å². The van der Waals surface area contributed by atoms with E-state index in [1.807, 2.05) is 0 Å². The zero-order valence-electron chi connectivity index (χ0n) is 9.95. The number of furan rings is 1. The zero-order valence-corrected chi connectivity index (χ0v) is 11.5. The third-order valence-corrected chi connectivity index (χ3v) is 3.03. The Morgan fingerprint density at radius 3 is 2.84 bits per heavy atom. The van der Waals surface area contributed by atoms with E-state index in [4.69, 9.17) is 10.2 Å². The number of nitrogens with one attached hydrogen (secondary N) is 1. The van der Waals surface area contributed by atoms with E-state index in [2.05, 4.69) is 21.2 Å². The largest absolute Gasteiger partial charge is 0.455 e. The van der Waals surface area contributed by atoms with Gasteiger partial charge in [-0.2, -0.15) is 0 Å². The lowest BCUT2D eigenvalue weighted by Gasteiger charge is -2.05. The van der Waals surface area contributed by atoms with Gasteiger partial charge in [-0.25, -0.2) is 4.39 Å². The molecule has 19 heavy (non-hydrogen) atoms. The summed E-state index contributed by atoms with van der Waals surface area (Å²) in [6, 6.07) is 7.72. The van der Waals surface area contributed by atoms with Gasteiger partial charge in [-0.3, -0.25) is 4.79 Å². The molecule has 1 heterocycles. The molecule has 2 aromatic rings. The van der Waals surface area contributed by atoms with Gasteiger partial charge in [-0.15, -0.1) is 0 Å². The first-order valence-electron chi connectivity index (χ1n) is 5.61. The fourth-order valence-electron chi connectivity index (χ4n) is 1.55. The van der Waals surface area contributed by atoms with Crippen molar-refractivity contribution in [3.63, 3.8) is 0 Å². The number of amides is 1. The van der Waals surface area contributed by atoms with Crippen molar-refractivity contribution in [1.29, 1.82) is 0 Å². The van der Waals surface area contributed by atoms with Crippen LogP contribution in [0.4, 0.5) is 4.39 Å². The van der Waals surface area contributed by atoms with Crippen LogP contribution in [-0.4, -0.2) is 5.91 Å². The van der Waals surface area contributed by atoms with E-state index in [1.165, 1.54) is 12.1 Å². The Morgan fingerprint density at radius 1 is 1.37 bits per heavy atom. The minimum Gasteiger partial charge on any atom is -0.455 e. The smallest absolute Gasteiger partial charge is 0.287 e. The van der Waals surface area contributed by atoms with Crippen LogP contribution >= 0.6 is 15.9 Å². The molecule has 0 bridgehead atoms. The summed E-state index contributed by atoms with van der Waals surface area (Å²) in [5.74, 6) is -0.0840. The average molecular weight is 327 g/mol. The molecular weight excluding hydrogens is 315 g/mol. The third-order valence-electron chi connectivity index (χ3n) is 2.53. The summed E-state index contributed by atoms with van der Waals surface area (Å²) < 4.78 is 19.4. The molecule has 1 aromatic heterocycles. The van der Waals surface area contributed by atoms with Crippen LogP contribution in [0.15, 0.2) is 39.2 Å². The highest BCUT2D eigenvalue weighted by molar-refractivity contribution is 9.10. The van der Waals surface area contributed by atoms with E-state index < -0.39 is 5.91 Å². The van der Waals surface area contributed by atoms with Gasteiger partial charge in [0.2, 0.25) is 0 Å². The van der Waals surface area contributed by atoms with Gasteiger partial charge >= 0.3 is 0 Å². The van der Waals surface area contributed by atoms with Crippen molar-refractivity contribution < 1.29 is 13.6 Å². The second kappa shape index (κ2) is 5.99. The van der Waals surface area contributed by atoms with E-state index in [1.54, 1.807) is 18.2 Å². The number of halogens is 2. The van der Waals surface area contributed by atoms with Crippen LogP contribution in [0, 0.1) is 5.82 Å². The maximum absolute atomic E-state index is 13.5. The first-order valence-corrected chi connectivity index (χ1v) is 6.40. The van der Waals surface area contributed by atoms with E-state index in [0.717, 1.165) is 4.47 Å². The number of benzene rings is 1. The lowest BCUT2D eigenvalue weighted by molar-refractivity contribution is 0.0921. The summed E-state index contributed by atoms with van der Waals surface area (Å²) in [6.07, 6.45) is 0. The number of carbonyl (C=O) groups excluding carboxylic acids is 1. The molecule has 0 aliphatic heterocycles. The molecule has 100 valence electrons. The molecule has 0 atom stereocenters. The molecule has 0 unspecified atom stereocenters. The molecule has 4 nitrogen and oxygen atoms in total. The minimum atomic E-state index is -0.404. The van der Waals surface area contributed by atoms with Crippen molar-refractivity contribution in [1.82, 2.24) is 5.32 Å². The Balaban J connectivity index is 2.02. The Hall–Kier alpha value is -1.66. The highest BCUT2D eigenvalue weighted by Gasteiger charge is 2.11. The minimum absolute atomic E-state index is 0.0861. The second-order valence-electron chi connectivity index (χ2n) is 3.89. The number of nitrogens with two attached hydrogens (primary N) is 1. The highest BCUT2D eigenvalue weighted by Crippen LogP contribution is 2.15. The first-order chi connectivity index (χ1) is 9.10. The Labute approximate surface area is 117 Å². The predicted octanol–water partition coefficient (Wildman–Crippen LogP) is 2.57. The van der Waals surface area contributed by atoms with Crippen molar-refractivity contribution in [3.8, 4) is 0 Å². The van der Waals surface area contributed by atoms with Gasteiger partial charge in [0.15, 0.2) is 5.76 Å². The topological polar surface area (TPSA) is 68.3 Å². The number of carbonyl (C=O) groups is 1. The van der Waals surface area contributed by atoms with Crippen LogP contribution in [0.5, 0.6) is 0 Å². The molecule has 0 aliphatic carbocycles. The van der Waals surface area contributed by atoms with Gasteiger partial charge in [-0.1, -0.05) is 15.9 Å². The molecule has 1 aromatic carbocycles. The molecule has 2 rings (SSSR count). The Kier molecular flexibility index (Phi) is 4.34. The molecule has 1 amide bonds. The average Bonchev–Trinajstić information content (AvgIpc) is 2.88. The molecule has 0 saturated carbocycles. The molecule has 0 aliphatic rings. The third kappa shape index (κ3) is 3.42. The number of hydrogen-bond donors (Lipinski definition) is 2. The predicted molar refractivity (Wildman–Crippen MR) is 71.9 cm³/mol. The van der Waals surface area contributed by atoms with Gasteiger partial charge in [0.05, 0.1) is 6.54 Å². The fraction of sp³-hybridized carbons (Fsp3) is 0.154. The molecular formula is C13H12BrFN2O2. The summed E-state index contributed by atoms with van der Waals surface area (Å²) in [6.45, 7) is 0.316. The summed E-state index contributed by atoms with van der Waals surface area (Å²) in [4.78, 5) is 11.8. The van der Waals surface area contributed by atoms with Crippen molar-refractivity contribution in [2.45, 2.75) is 13.1 Å². The lowest BCUT2D eigenvalue weighted by Crippen LogP contribution is -2.22. The second-order valence-corrected chi connectivity index (χ2v) is 4.80. The van der Waals surface area contributed by atoms with Crippen molar-refractivity contribution in [3.05, 3.63) is 57.7 Å². The highest BCUT2D eigenvalue weighted by atomic mass is 79.9. The normalized spacial score (nSPS) is 10.5. The van der Waals surface area contributed by atoms with Crippen LogP contribution in [0.2, 0.25) is 0 Å². The molecule has 6 heteroatoms. The Morgan fingerprint density at radius 2 is 2.16 bits per heavy atom. The molecule has 0 saturated heterocycles. The fourth-order valence-corrected chi connectivity index (χ4v) is 1.96. The first kappa shape index (κ1) is 13.8.